The number of rotatable bonds is 7. The van der Waals surface area contributed by atoms with Crippen LogP contribution in [0.1, 0.15) is 36.0 Å². The topological polar surface area (TPSA) is 110 Å². The number of piperidine rings is 1. The molecule has 1 aromatic heterocycles. The molecule has 8 nitrogen and oxygen atoms in total. The smallest absolute Gasteiger partial charge is 0.288 e. The lowest BCUT2D eigenvalue weighted by Gasteiger charge is -2.34. The molecular weight excluding hydrogens is 438 g/mol. The number of nitro groups is 1. The number of nitro benzene ring substituents is 1. The summed E-state index contributed by atoms with van der Waals surface area (Å²) in [5.41, 5.74) is -0.201. The summed E-state index contributed by atoms with van der Waals surface area (Å²) in [5, 5.41) is 15.4. The summed E-state index contributed by atoms with van der Waals surface area (Å²) in [5.74, 6) is -0.465. The average Bonchev–Trinajstić information content (AvgIpc) is 3.24. The SMILES string of the molecule is O=C(NCCC1CCCCN1S(=O)(=O)c1cccs1)c1ccc(Cl)c([N+](=O)[O-])c1. The molecule has 0 saturated carbocycles. The number of nitrogens with zero attached hydrogens (tertiary/aromatic N) is 2. The second kappa shape index (κ2) is 9.21. The highest BCUT2D eigenvalue weighted by atomic mass is 35.5. The van der Waals surface area contributed by atoms with Gasteiger partial charge in [-0.2, -0.15) is 4.31 Å². The summed E-state index contributed by atoms with van der Waals surface area (Å²) in [6, 6.07) is 6.97. The monoisotopic (exact) mass is 457 g/mol. The molecule has 1 N–H and O–H groups in total. The average molecular weight is 458 g/mol. The lowest BCUT2D eigenvalue weighted by molar-refractivity contribution is -0.384. The maximum atomic E-state index is 12.9. The summed E-state index contributed by atoms with van der Waals surface area (Å²) >= 11 is 6.96. The number of amides is 1. The third kappa shape index (κ3) is 4.95. The van der Waals surface area contributed by atoms with Gasteiger partial charge in [0.25, 0.3) is 21.6 Å². The number of halogens is 1. The summed E-state index contributed by atoms with van der Waals surface area (Å²) in [6.45, 7) is 0.721. The Balaban J connectivity index is 1.63. The van der Waals surface area contributed by atoms with Gasteiger partial charge < -0.3 is 5.32 Å². The van der Waals surface area contributed by atoms with Crippen LogP contribution in [0.3, 0.4) is 0 Å². The third-order valence-electron chi connectivity index (χ3n) is 4.80. The van der Waals surface area contributed by atoms with Crippen LogP contribution in [0.25, 0.3) is 0 Å². The van der Waals surface area contributed by atoms with E-state index in [1.165, 1.54) is 27.8 Å². The molecule has 1 aliphatic rings. The van der Waals surface area contributed by atoms with Crippen LogP contribution in [-0.4, -0.2) is 42.7 Å². The largest absolute Gasteiger partial charge is 0.352 e. The van der Waals surface area contributed by atoms with Crippen LogP contribution in [0.4, 0.5) is 5.69 Å². The van der Waals surface area contributed by atoms with Crippen LogP contribution in [0.2, 0.25) is 5.02 Å². The number of carbonyl (C=O) groups is 1. The van der Waals surface area contributed by atoms with Crippen molar-refractivity contribution < 1.29 is 18.1 Å². The summed E-state index contributed by atoms with van der Waals surface area (Å²) < 4.78 is 27.6. The van der Waals surface area contributed by atoms with E-state index in [-0.39, 0.29) is 28.9 Å². The van der Waals surface area contributed by atoms with Crippen molar-refractivity contribution in [2.24, 2.45) is 0 Å². The summed E-state index contributed by atoms with van der Waals surface area (Å²) in [6.07, 6.45) is 2.93. The number of sulfonamides is 1. The third-order valence-corrected chi connectivity index (χ3v) is 8.44. The lowest BCUT2D eigenvalue weighted by atomic mass is 10.0. The molecule has 0 radical (unpaired) electrons. The van der Waals surface area contributed by atoms with E-state index in [9.17, 15) is 23.3 Å². The normalized spacial score (nSPS) is 17.8. The molecule has 29 heavy (non-hydrogen) atoms. The maximum absolute atomic E-state index is 12.9. The van der Waals surface area contributed by atoms with Crippen molar-refractivity contribution in [2.45, 2.75) is 35.9 Å². The first kappa shape index (κ1) is 21.7. The van der Waals surface area contributed by atoms with E-state index in [1.54, 1.807) is 17.5 Å². The molecule has 1 unspecified atom stereocenters. The van der Waals surface area contributed by atoms with E-state index < -0.39 is 20.9 Å². The lowest BCUT2D eigenvalue weighted by Crippen LogP contribution is -2.44. The van der Waals surface area contributed by atoms with E-state index in [1.807, 2.05) is 0 Å². The zero-order chi connectivity index (χ0) is 21.0. The van der Waals surface area contributed by atoms with Gasteiger partial charge in [-0.1, -0.05) is 24.1 Å². The van der Waals surface area contributed by atoms with Crippen LogP contribution in [0, 0.1) is 10.1 Å². The molecule has 2 aromatic rings. The fraction of sp³-hybridized carbons (Fsp3) is 0.389. The maximum Gasteiger partial charge on any atom is 0.288 e. The fourth-order valence-electron chi connectivity index (χ4n) is 3.35. The van der Waals surface area contributed by atoms with Gasteiger partial charge in [-0.05, 0) is 42.8 Å². The molecule has 1 aromatic carbocycles. The first-order valence-electron chi connectivity index (χ1n) is 9.08. The summed E-state index contributed by atoms with van der Waals surface area (Å²) in [7, 11) is -3.54. The Morgan fingerprint density at radius 1 is 1.34 bits per heavy atom. The van der Waals surface area contributed by atoms with Gasteiger partial charge in [-0.15, -0.1) is 11.3 Å². The van der Waals surface area contributed by atoms with E-state index in [2.05, 4.69) is 5.32 Å². The number of hydrogen-bond acceptors (Lipinski definition) is 6. The van der Waals surface area contributed by atoms with Crippen LogP contribution >= 0.6 is 22.9 Å². The van der Waals surface area contributed by atoms with Crippen LogP contribution in [-0.2, 0) is 10.0 Å². The minimum atomic E-state index is -3.54. The zero-order valence-corrected chi connectivity index (χ0v) is 17.8. The Morgan fingerprint density at radius 2 is 2.14 bits per heavy atom. The molecule has 0 aliphatic carbocycles. The standard InChI is InChI=1S/C18H20ClN3O5S2/c19-15-7-6-13(12-16(15)22(24)25)18(23)20-9-8-14-4-1-2-10-21(14)29(26,27)17-5-3-11-28-17/h3,5-7,11-12,14H,1-2,4,8-10H2,(H,20,23). The molecule has 156 valence electrons. The zero-order valence-electron chi connectivity index (χ0n) is 15.4. The molecular formula is C18H20ClN3O5S2. The fourth-order valence-corrected chi connectivity index (χ4v) is 6.38. The van der Waals surface area contributed by atoms with E-state index >= 15 is 0 Å². The number of benzene rings is 1. The molecule has 0 spiro atoms. The van der Waals surface area contributed by atoms with Gasteiger partial charge >= 0.3 is 0 Å². The summed E-state index contributed by atoms with van der Waals surface area (Å²) in [4.78, 5) is 22.7. The van der Waals surface area contributed by atoms with Gasteiger partial charge in [0.15, 0.2) is 0 Å². The highest BCUT2D eigenvalue weighted by Crippen LogP contribution is 2.29. The van der Waals surface area contributed by atoms with Gasteiger partial charge in [0.05, 0.1) is 4.92 Å². The van der Waals surface area contributed by atoms with Crippen molar-refractivity contribution in [1.82, 2.24) is 9.62 Å². The molecule has 1 fully saturated rings. The number of carbonyl (C=O) groups excluding carboxylic acids is 1. The molecule has 2 heterocycles. The minimum absolute atomic E-state index is 0.0387. The number of nitrogens with one attached hydrogen (secondary N) is 1. The number of thiophene rings is 1. The van der Waals surface area contributed by atoms with E-state index in [4.69, 9.17) is 11.6 Å². The van der Waals surface area contributed by atoms with Crippen molar-refractivity contribution >= 4 is 44.6 Å². The molecule has 1 saturated heterocycles. The van der Waals surface area contributed by atoms with Crippen LogP contribution in [0.15, 0.2) is 39.9 Å². The van der Waals surface area contributed by atoms with Gasteiger partial charge in [-0.25, -0.2) is 8.42 Å². The quantitative estimate of drug-likeness (QED) is 0.503. The Kier molecular flexibility index (Phi) is 6.89. The van der Waals surface area contributed by atoms with Gasteiger partial charge in [0.1, 0.15) is 9.23 Å². The highest BCUT2D eigenvalue weighted by molar-refractivity contribution is 7.91. The van der Waals surface area contributed by atoms with Gasteiger partial charge in [-0.3, -0.25) is 14.9 Å². The molecule has 1 amide bonds. The van der Waals surface area contributed by atoms with Crippen LogP contribution < -0.4 is 5.32 Å². The highest BCUT2D eigenvalue weighted by Gasteiger charge is 2.33. The molecule has 1 aliphatic heterocycles. The Bertz CT molecular complexity index is 995. The molecule has 3 rings (SSSR count). The molecule has 0 bridgehead atoms. The van der Waals surface area contributed by atoms with Gasteiger partial charge in [0.2, 0.25) is 0 Å². The second-order valence-corrected chi connectivity index (χ2v) is 10.1. The van der Waals surface area contributed by atoms with Crippen molar-refractivity contribution in [1.29, 1.82) is 0 Å². The van der Waals surface area contributed by atoms with Crippen molar-refractivity contribution in [3.8, 4) is 0 Å². The Morgan fingerprint density at radius 3 is 2.83 bits per heavy atom. The molecule has 1 atom stereocenters. The Labute approximate surface area is 177 Å². The minimum Gasteiger partial charge on any atom is -0.352 e. The first-order valence-corrected chi connectivity index (χ1v) is 11.8. The van der Waals surface area contributed by atoms with E-state index in [0.29, 0.717) is 17.2 Å². The van der Waals surface area contributed by atoms with E-state index in [0.717, 1.165) is 25.3 Å². The van der Waals surface area contributed by atoms with Gasteiger partial charge in [0, 0.05) is 30.8 Å². The van der Waals surface area contributed by atoms with Crippen molar-refractivity contribution in [2.75, 3.05) is 13.1 Å². The predicted octanol–water partition coefficient (Wildman–Crippen LogP) is 3.67. The predicted molar refractivity (Wildman–Crippen MR) is 111 cm³/mol. The van der Waals surface area contributed by atoms with Crippen molar-refractivity contribution in [3.05, 3.63) is 56.4 Å². The Hall–Kier alpha value is -2.01. The van der Waals surface area contributed by atoms with Crippen molar-refractivity contribution in [3.63, 3.8) is 0 Å². The first-order chi connectivity index (χ1) is 13.8. The van der Waals surface area contributed by atoms with Crippen LogP contribution in [0.5, 0.6) is 0 Å². The second-order valence-electron chi connectivity index (χ2n) is 6.67. The number of hydrogen-bond donors (Lipinski definition) is 1. The molecule has 11 heteroatoms.